The molecule has 0 bridgehead atoms. The van der Waals surface area contributed by atoms with Crippen LogP contribution in [-0.2, 0) is 11.2 Å². The summed E-state index contributed by atoms with van der Waals surface area (Å²) in [5, 5.41) is 13.0. The Morgan fingerprint density at radius 3 is 2.70 bits per heavy atom. The lowest BCUT2D eigenvalue weighted by molar-refractivity contribution is -0.121. The zero-order chi connectivity index (χ0) is 14.5. The highest BCUT2D eigenvalue weighted by Crippen LogP contribution is 2.23. The molecule has 1 aromatic carbocycles. The molecule has 0 unspecified atom stereocenters. The van der Waals surface area contributed by atoms with Crippen LogP contribution in [-0.4, -0.2) is 30.3 Å². The van der Waals surface area contributed by atoms with Gasteiger partial charge in [0.05, 0.1) is 19.6 Å². The number of ether oxygens (including phenoxy) is 1. The molecule has 5 heteroatoms. The average molecular weight is 298 g/mol. The quantitative estimate of drug-likeness (QED) is 0.896. The molecule has 20 heavy (non-hydrogen) atoms. The first-order chi connectivity index (χ1) is 9.58. The Kier molecular flexibility index (Phi) is 5.26. The fourth-order valence-electron chi connectivity index (χ4n) is 2.47. The zero-order valence-corrected chi connectivity index (χ0v) is 12.3. The van der Waals surface area contributed by atoms with Gasteiger partial charge in [0.1, 0.15) is 5.75 Å². The number of amides is 1. The van der Waals surface area contributed by atoms with Gasteiger partial charge in [0.25, 0.3) is 0 Å². The Morgan fingerprint density at radius 1 is 1.40 bits per heavy atom. The number of rotatable bonds is 4. The van der Waals surface area contributed by atoms with Crippen molar-refractivity contribution in [3.05, 3.63) is 28.8 Å². The third kappa shape index (κ3) is 4.12. The molecule has 0 saturated heterocycles. The summed E-state index contributed by atoms with van der Waals surface area (Å²) in [7, 11) is 1.58. The van der Waals surface area contributed by atoms with Crippen LogP contribution < -0.4 is 10.1 Å². The van der Waals surface area contributed by atoms with E-state index in [-0.39, 0.29) is 24.5 Å². The normalized spacial score (nSPS) is 22.4. The highest BCUT2D eigenvalue weighted by atomic mass is 35.5. The number of hydrogen-bond acceptors (Lipinski definition) is 3. The predicted molar refractivity (Wildman–Crippen MR) is 78.1 cm³/mol. The van der Waals surface area contributed by atoms with E-state index in [4.69, 9.17) is 16.3 Å². The molecule has 0 heterocycles. The van der Waals surface area contributed by atoms with E-state index < -0.39 is 0 Å². The third-order valence-corrected chi connectivity index (χ3v) is 4.02. The number of carbonyl (C=O) groups excluding carboxylic acids is 1. The van der Waals surface area contributed by atoms with Crippen molar-refractivity contribution in [2.45, 2.75) is 44.2 Å². The van der Waals surface area contributed by atoms with Crippen molar-refractivity contribution < 1.29 is 14.6 Å². The topological polar surface area (TPSA) is 58.6 Å². The van der Waals surface area contributed by atoms with E-state index >= 15 is 0 Å². The lowest BCUT2D eigenvalue weighted by Gasteiger charge is -2.26. The molecule has 1 saturated carbocycles. The van der Waals surface area contributed by atoms with E-state index in [1.54, 1.807) is 19.2 Å². The molecule has 0 atom stereocenters. The standard InChI is InChI=1S/C15H20ClNO3/c1-20-13-7-2-10(14(16)9-13)8-15(19)17-11-3-5-12(18)6-4-11/h2,7,9,11-12,18H,3-6,8H2,1H3,(H,17,19). The van der Waals surface area contributed by atoms with Gasteiger partial charge in [-0.05, 0) is 43.4 Å². The number of nitrogens with one attached hydrogen (secondary N) is 1. The molecule has 4 nitrogen and oxygen atoms in total. The predicted octanol–water partition coefficient (Wildman–Crippen LogP) is 2.31. The first kappa shape index (κ1) is 15.1. The fourth-order valence-corrected chi connectivity index (χ4v) is 2.71. The van der Waals surface area contributed by atoms with Gasteiger partial charge in [0.15, 0.2) is 0 Å². The maximum Gasteiger partial charge on any atom is 0.224 e. The lowest BCUT2D eigenvalue weighted by Crippen LogP contribution is -2.39. The molecule has 110 valence electrons. The van der Waals surface area contributed by atoms with E-state index in [9.17, 15) is 9.90 Å². The minimum Gasteiger partial charge on any atom is -0.497 e. The van der Waals surface area contributed by atoms with Gasteiger partial charge in [0.2, 0.25) is 5.91 Å². The number of halogens is 1. The maximum absolute atomic E-state index is 12.0. The van der Waals surface area contributed by atoms with Gasteiger partial charge >= 0.3 is 0 Å². The van der Waals surface area contributed by atoms with Crippen LogP contribution in [0.5, 0.6) is 5.75 Å². The molecule has 1 aliphatic carbocycles. The molecule has 0 spiro atoms. The zero-order valence-electron chi connectivity index (χ0n) is 11.6. The summed E-state index contributed by atoms with van der Waals surface area (Å²) >= 11 is 6.12. The molecule has 1 amide bonds. The molecule has 0 aromatic heterocycles. The number of hydrogen-bond donors (Lipinski definition) is 2. The third-order valence-electron chi connectivity index (χ3n) is 3.67. The Morgan fingerprint density at radius 2 is 2.10 bits per heavy atom. The van der Waals surface area contributed by atoms with Crippen LogP contribution in [0.3, 0.4) is 0 Å². The summed E-state index contributed by atoms with van der Waals surface area (Å²) in [4.78, 5) is 12.0. The number of methoxy groups -OCH3 is 1. The van der Waals surface area contributed by atoms with Gasteiger partial charge in [0, 0.05) is 11.1 Å². The van der Waals surface area contributed by atoms with E-state index in [1.807, 2.05) is 6.07 Å². The van der Waals surface area contributed by atoms with Crippen LogP contribution in [0.4, 0.5) is 0 Å². The largest absolute Gasteiger partial charge is 0.497 e. The lowest BCUT2D eigenvalue weighted by atomic mass is 9.93. The summed E-state index contributed by atoms with van der Waals surface area (Å²) in [5.74, 6) is 0.652. The second-order valence-electron chi connectivity index (χ2n) is 5.21. The minimum atomic E-state index is -0.209. The second kappa shape index (κ2) is 6.95. The monoisotopic (exact) mass is 297 g/mol. The van der Waals surface area contributed by atoms with Crippen LogP contribution in [0.1, 0.15) is 31.2 Å². The first-order valence-electron chi connectivity index (χ1n) is 6.88. The van der Waals surface area contributed by atoms with Gasteiger partial charge < -0.3 is 15.2 Å². The van der Waals surface area contributed by atoms with Crippen molar-refractivity contribution in [3.8, 4) is 5.75 Å². The molecule has 2 rings (SSSR count). The van der Waals surface area contributed by atoms with E-state index in [1.165, 1.54) is 0 Å². The van der Waals surface area contributed by atoms with Gasteiger partial charge in [-0.25, -0.2) is 0 Å². The number of benzene rings is 1. The summed E-state index contributed by atoms with van der Waals surface area (Å²) in [5.41, 5.74) is 0.792. The summed E-state index contributed by atoms with van der Waals surface area (Å²) < 4.78 is 5.08. The van der Waals surface area contributed by atoms with Crippen LogP contribution in [0.15, 0.2) is 18.2 Å². The smallest absolute Gasteiger partial charge is 0.224 e. The Balaban J connectivity index is 1.88. The van der Waals surface area contributed by atoms with E-state index in [2.05, 4.69) is 5.32 Å². The van der Waals surface area contributed by atoms with Crippen molar-refractivity contribution in [1.82, 2.24) is 5.32 Å². The second-order valence-corrected chi connectivity index (χ2v) is 5.61. The number of aliphatic hydroxyl groups is 1. The van der Waals surface area contributed by atoms with Gasteiger partial charge in [-0.3, -0.25) is 4.79 Å². The van der Waals surface area contributed by atoms with Crippen molar-refractivity contribution in [2.75, 3.05) is 7.11 Å². The number of aliphatic hydroxyl groups excluding tert-OH is 1. The number of carbonyl (C=O) groups is 1. The highest BCUT2D eigenvalue weighted by molar-refractivity contribution is 6.31. The summed E-state index contributed by atoms with van der Waals surface area (Å²) in [6.07, 6.45) is 3.25. The molecular formula is C15H20ClNO3. The highest BCUT2D eigenvalue weighted by Gasteiger charge is 2.21. The van der Waals surface area contributed by atoms with Gasteiger partial charge in [-0.2, -0.15) is 0 Å². The van der Waals surface area contributed by atoms with Gasteiger partial charge in [-0.1, -0.05) is 17.7 Å². The first-order valence-corrected chi connectivity index (χ1v) is 7.26. The maximum atomic E-state index is 12.0. The van der Waals surface area contributed by atoms with Crippen LogP contribution in [0, 0.1) is 0 Å². The van der Waals surface area contributed by atoms with Gasteiger partial charge in [-0.15, -0.1) is 0 Å². The van der Waals surface area contributed by atoms with E-state index in [0.717, 1.165) is 31.2 Å². The Bertz CT molecular complexity index is 470. The van der Waals surface area contributed by atoms with Crippen molar-refractivity contribution in [3.63, 3.8) is 0 Å². The van der Waals surface area contributed by atoms with Crippen LogP contribution >= 0.6 is 11.6 Å². The molecular weight excluding hydrogens is 278 g/mol. The molecule has 0 aliphatic heterocycles. The van der Waals surface area contributed by atoms with Crippen LogP contribution in [0.25, 0.3) is 0 Å². The summed E-state index contributed by atoms with van der Waals surface area (Å²) in [6.45, 7) is 0. The average Bonchev–Trinajstić information content (AvgIpc) is 2.43. The minimum absolute atomic E-state index is 0.0292. The van der Waals surface area contributed by atoms with E-state index in [0.29, 0.717) is 10.8 Å². The molecule has 1 aromatic rings. The molecule has 0 radical (unpaired) electrons. The molecule has 1 aliphatic rings. The molecule has 1 fully saturated rings. The Labute approximate surface area is 124 Å². The fraction of sp³-hybridized carbons (Fsp3) is 0.533. The van der Waals surface area contributed by atoms with Crippen LogP contribution in [0.2, 0.25) is 5.02 Å². The van der Waals surface area contributed by atoms with Crippen molar-refractivity contribution in [2.24, 2.45) is 0 Å². The van der Waals surface area contributed by atoms with Crippen molar-refractivity contribution >= 4 is 17.5 Å². The summed E-state index contributed by atoms with van der Waals surface area (Å²) in [6, 6.07) is 5.49. The Hall–Kier alpha value is -1.26. The van der Waals surface area contributed by atoms with Crippen molar-refractivity contribution in [1.29, 1.82) is 0 Å². The molecule has 2 N–H and O–H groups in total. The SMILES string of the molecule is COc1ccc(CC(=O)NC2CCC(O)CC2)c(Cl)c1.